The molecule has 7 nitrogen and oxygen atoms in total. The summed E-state index contributed by atoms with van der Waals surface area (Å²) in [4.78, 5) is 23.6. The summed E-state index contributed by atoms with van der Waals surface area (Å²) in [5.74, 6) is -1.52. The molecular formula is C25H51NO6Si. The van der Waals surface area contributed by atoms with Gasteiger partial charge in [0.05, 0.1) is 18.1 Å². The highest BCUT2D eigenvalue weighted by Crippen LogP contribution is 2.42. The summed E-state index contributed by atoms with van der Waals surface area (Å²) in [7, 11) is -1.95. The quantitative estimate of drug-likeness (QED) is 0.260. The third kappa shape index (κ3) is 10.8. The van der Waals surface area contributed by atoms with E-state index < -0.39 is 44.0 Å². The van der Waals surface area contributed by atoms with Crippen molar-refractivity contribution in [2.75, 3.05) is 6.61 Å². The number of carbonyl (C=O) groups excluding carboxylic acids is 1. The Morgan fingerprint density at radius 2 is 1.39 bits per heavy atom. The number of hydrogen-bond acceptors (Lipinski definition) is 5. The van der Waals surface area contributed by atoms with Crippen molar-refractivity contribution in [3.05, 3.63) is 0 Å². The largest absolute Gasteiger partial charge is 0.481 e. The molecule has 0 fully saturated rings. The Balaban J connectivity index is 5.25. The van der Waals surface area contributed by atoms with Crippen LogP contribution in [0.25, 0.3) is 0 Å². The Bertz CT molecular complexity index is 580. The fourth-order valence-corrected chi connectivity index (χ4v) is 10.4. The molecule has 0 saturated heterocycles. The van der Waals surface area contributed by atoms with Crippen LogP contribution in [0.3, 0.4) is 0 Å². The molecule has 0 spiro atoms. The van der Waals surface area contributed by atoms with E-state index in [4.69, 9.17) is 9.16 Å². The van der Waals surface area contributed by atoms with Crippen molar-refractivity contribution in [2.45, 2.75) is 130 Å². The summed E-state index contributed by atoms with van der Waals surface area (Å²) in [6, 6.07) is -0.598. The van der Waals surface area contributed by atoms with E-state index in [1.54, 1.807) is 27.7 Å². The van der Waals surface area contributed by atoms with E-state index in [2.05, 4.69) is 53.8 Å². The number of carbonyl (C=O) groups is 2. The van der Waals surface area contributed by atoms with E-state index in [0.29, 0.717) is 29.7 Å². The zero-order valence-corrected chi connectivity index (χ0v) is 23.9. The maximum Gasteiger partial charge on any atom is 0.407 e. The first-order valence-electron chi connectivity index (χ1n) is 12.5. The number of nitrogens with one attached hydrogen (secondary N) is 1. The minimum atomic E-state index is -1.95. The first-order valence-corrected chi connectivity index (χ1v) is 14.6. The van der Waals surface area contributed by atoms with Crippen molar-refractivity contribution in [1.82, 2.24) is 5.32 Å². The average Bonchev–Trinajstić information content (AvgIpc) is 2.61. The highest BCUT2D eigenvalue weighted by Gasteiger charge is 2.44. The van der Waals surface area contributed by atoms with Crippen molar-refractivity contribution in [2.24, 2.45) is 11.8 Å². The third-order valence-electron chi connectivity index (χ3n) is 6.51. The second-order valence-corrected chi connectivity index (χ2v) is 17.1. The van der Waals surface area contributed by atoms with Crippen LogP contribution in [0.2, 0.25) is 16.6 Å². The van der Waals surface area contributed by atoms with Gasteiger partial charge >= 0.3 is 12.1 Å². The summed E-state index contributed by atoms with van der Waals surface area (Å²) in [5, 5.41) is 22.7. The number of rotatable bonds is 14. The molecule has 0 saturated carbocycles. The standard InChI is InChI=1S/C25H51NO6Si/c1-16(2)33(17(3)4,18(5)6)31-13-12-19(7)14-21(22(27)15-20(8)23(28)29)26-24(30)32-25(9,10)11/h16-22,27H,12-15H2,1-11H3,(H,26,30)(H,28,29)/t19-,20+,21-,22-/m0/s1. The number of amides is 1. The van der Waals surface area contributed by atoms with Crippen LogP contribution < -0.4 is 5.32 Å². The van der Waals surface area contributed by atoms with Crippen LogP contribution in [0.4, 0.5) is 4.79 Å². The van der Waals surface area contributed by atoms with Crippen molar-refractivity contribution in [3.63, 3.8) is 0 Å². The van der Waals surface area contributed by atoms with Gasteiger partial charge in [0, 0.05) is 6.61 Å². The zero-order valence-electron chi connectivity index (χ0n) is 22.9. The Morgan fingerprint density at radius 1 is 0.909 bits per heavy atom. The van der Waals surface area contributed by atoms with E-state index in [1.807, 2.05) is 0 Å². The number of ether oxygens (including phenoxy) is 1. The molecule has 196 valence electrons. The SMILES string of the molecule is CC(C)[Si](OCC[C@H](C)C[C@H](NC(=O)OC(C)(C)C)[C@@H](O)C[C@@H](C)C(=O)O)(C(C)C)C(C)C. The smallest absolute Gasteiger partial charge is 0.407 e. The number of aliphatic carboxylic acids is 1. The normalized spacial score (nSPS) is 16.6. The van der Waals surface area contributed by atoms with Gasteiger partial charge in [-0.1, -0.05) is 55.4 Å². The zero-order chi connectivity index (χ0) is 26.1. The highest BCUT2D eigenvalue weighted by molar-refractivity contribution is 6.77. The topological polar surface area (TPSA) is 105 Å². The first-order chi connectivity index (χ1) is 14.9. The molecule has 0 aliphatic heterocycles. The van der Waals surface area contributed by atoms with Gasteiger partial charge in [0.25, 0.3) is 0 Å². The molecule has 0 aromatic heterocycles. The van der Waals surface area contributed by atoms with Crippen molar-refractivity contribution in [1.29, 1.82) is 0 Å². The predicted molar refractivity (Wildman–Crippen MR) is 136 cm³/mol. The second kappa shape index (κ2) is 13.7. The lowest BCUT2D eigenvalue weighted by Crippen LogP contribution is -2.48. The number of aliphatic hydroxyl groups is 1. The molecule has 0 heterocycles. The number of carboxylic acids is 1. The molecule has 8 heteroatoms. The predicted octanol–water partition coefficient (Wildman–Crippen LogP) is 5.96. The molecule has 1 amide bonds. The van der Waals surface area contributed by atoms with Crippen LogP contribution in [0.5, 0.6) is 0 Å². The van der Waals surface area contributed by atoms with E-state index in [9.17, 15) is 19.8 Å². The van der Waals surface area contributed by atoms with E-state index >= 15 is 0 Å². The maximum atomic E-state index is 12.4. The maximum absolute atomic E-state index is 12.4. The summed E-state index contributed by atoms with van der Waals surface area (Å²) < 4.78 is 12.0. The van der Waals surface area contributed by atoms with Crippen LogP contribution in [0, 0.1) is 11.8 Å². The third-order valence-corrected chi connectivity index (χ3v) is 12.6. The number of alkyl carbamates (subject to hydrolysis) is 1. The van der Waals surface area contributed by atoms with Gasteiger partial charge in [0.1, 0.15) is 5.60 Å². The summed E-state index contributed by atoms with van der Waals surface area (Å²) in [6.45, 7) is 23.2. The molecule has 0 aromatic rings. The van der Waals surface area contributed by atoms with Gasteiger partial charge in [-0.05, 0) is 62.6 Å². The summed E-state index contributed by atoms with van der Waals surface area (Å²) in [6.07, 6.45) is -0.223. The molecular weight excluding hydrogens is 438 g/mol. The lowest BCUT2D eigenvalue weighted by Gasteiger charge is -2.42. The average molecular weight is 490 g/mol. The minimum Gasteiger partial charge on any atom is -0.481 e. The molecule has 0 bridgehead atoms. The van der Waals surface area contributed by atoms with Crippen LogP contribution in [0.15, 0.2) is 0 Å². The lowest BCUT2D eigenvalue weighted by molar-refractivity contribution is -0.142. The number of carboxylic acid groups (broad SMARTS) is 1. The molecule has 0 aliphatic carbocycles. The van der Waals surface area contributed by atoms with Gasteiger partial charge in [-0.15, -0.1) is 0 Å². The van der Waals surface area contributed by atoms with Crippen molar-refractivity contribution in [3.8, 4) is 0 Å². The monoisotopic (exact) mass is 489 g/mol. The summed E-state index contributed by atoms with van der Waals surface area (Å²) in [5.41, 5.74) is 0.863. The molecule has 0 unspecified atom stereocenters. The molecule has 0 aliphatic rings. The fourth-order valence-electron chi connectivity index (χ4n) is 4.89. The van der Waals surface area contributed by atoms with Crippen molar-refractivity contribution < 1.29 is 29.0 Å². The second-order valence-electron chi connectivity index (χ2n) is 11.6. The lowest BCUT2D eigenvalue weighted by atomic mass is 9.91. The van der Waals surface area contributed by atoms with Gasteiger partial charge in [0.15, 0.2) is 8.32 Å². The van der Waals surface area contributed by atoms with Crippen LogP contribution in [-0.2, 0) is 14.0 Å². The van der Waals surface area contributed by atoms with Gasteiger partial charge < -0.3 is 24.7 Å². The number of aliphatic hydroxyl groups excluding tert-OH is 1. The Labute approximate surface area is 203 Å². The van der Waals surface area contributed by atoms with E-state index in [0.717, 1.165) is 6.42 Å². The van der Waals surface area contributed by atoms with Gasteiger partial charge in [0.2, 0.25) is 0 Å². The van der Waals surface area contributed by atoms with Crippen LogP contribution in [-0.4, -0.2) is 54.9 Å². The Hall–Kier alpha value is -1.12. The molecule has 33 heavy (non-hydrogen) atoms. The minimum absolute atomic E-state index is 0.0586. The Morgan fingerprint density at radius 3 is 1.79 bits per heavy atom. The number of hydrogen-bond donors (Lipinski definition) is 3. The fraction of sp³-hybridized carbons (Fsp3) is 0.920. The van der Waals surface area contributed by atoms with Crippen LogP contribution in [0.1, 0.15) is 95.4 Å². The Kier molecular flexibility index (Phi) is 13.2. The molecule has 0 aromatic carbocycles. The van der Waals surface area contributed by atoms with Crippen LogP contribution >= 0.6 is 0 Å². The van der Waals surface area contributed by atoms with E-state index in [1.165, 1.54) is 0 Å². The molecule has 0 rings (SSSR count). The highest BCUT2D eigenvalue weighted by atomic mass is 28.4. The molecule has 4 atom stereocenters. The van der Waals surface area contributed by atoms with Gasteiger partial charge in [-0.25, -0.2) is 4.79 Å². The van der Waals surface area contributed by atoms with E-state index in [-0.39, 0.29) is 12.3 Å². The van der Waals surface area contributed by atoms with Gasteiger partial charge in [-0.3, -0.25) is 4.79 Å². The molecule has 0 radical (unpaired) electrons. The first kappa shape index (κ1) is 31.9. The summed E-state index contributed by atoms with van der Waals surface area (Å²) >= 11 is 0. The molecule has 3 N–H and O–H groups in total. The van der Waals surface area contributed by atoms with Crippen molar-refractivity contribution >= 4 is 20.4 Å². The van der Waals surface area contributed by atoms with Gasteiger partial charge in [-0.2, -0.15) is 0 Å².